The zero-order valence-corrected chi connectivity index (χ0v) is 11.6. The van der Waals surface area contributed by atoms with Gasteiger partial charge in [-0.05, 0) is 12.8 Å². The van der Waals surface area contributed by atoms with Crippen molar-refractivity contribution in [3.05, 3.63) is 18.5 Å². The van der Waals surface area contributed by atoms with Gasteiger partial charge in [0.1, 0.15) is 18.5 Å². The first-order chi connectivity index (χ1) is 9.83. The zero-order valence-electron chi connectivity index (χ0n) is 10.8. The van der Waals surface area contributed by atoms with E-state index in [-0.39, 0.29) is 5.91 Å². The topological polar surface area (TPSA) is 101 Å². The molecule has 0 radical (unpaired) electrons. The van der Waals surface area contributed by atoms with Gasteiger partial charge >= 0.3 is 0 Å². The van der Waals surface area contributed by atoms with Gasteiger partial charge in [0.15, 0.2) is 5.16 Å². The van der Waals surface area contributed by atoms with Crippen LogP contribution in [0.4, 0.5) is 0 Å². The molecule has 0 bridgehead atoms. The Kier molecular flexibility index (Phi) is 3.95. The zero-order chi connectivity index (χ0) is 13.8. The van der Waals surface area contributed by atoms with Gasteiger partial charge in [-0.25, -0.2) is 4.98 Å². The first-order valence-electron chi connectivity index (χ1n) is 6.46. The Balaban J connectivity index is 1.39. The van der Waals surface area contributed by atoms with E-state index in [0.29, 0.717) is 24.8 Å². The number of amides is 1. The highest BCUT2D eigenvalue weighted by molar-refractivity contribution is 7.99. The molecule has 0 spiro atoms. The molecule has 3 rings (SSSR count). The summed E-state index contributed by atoms with van der Waals surface area (Å²) < 4.78 is 2.05. The Morgan fingerprint density at radius 2 is 2.45 bits per heavy atom. The maximum atomic E-state index is 11.7. The second kappa shape index (κ2) is 6.04. The van der Waals surface area contributed by atoms with Crippen LogP contribution >= 0.6 is 11.8 Å². The largest absolute Gasteiger partial charge is 0.355 e. The number of carbonyl (C=O) groups excluding carboxylic acids is 1. The van der Waals surface area contributed by atoms with Crippen molar-refractivity contribution in [2.75, 3.05) is 12.3 Å². The van der Waals surface area contributed by atoms with Crippen molar-refractivity contribution in [2.45, 2.75) is 30.5 Å². The molecule has 2 aromatic heterocycles. The molecule has 1 aliphatic carbocycles. The van der Waals surface area contributed by atoms with Gasteiger partial charge in [0, 0.05) is 19.0 Å². The van der Waals surface area contributed by atoms with Gasteiger partial charge in [-0.3, -0.25) is 9.89 Å². The van der Waals surface area contributed by atoms with Gasteiger partial charge in [-0.15, -0.1) is 10.2 Å². The lowest BCUT2D eigenvalue weighted by atomic mass is 10.4. The third-order valence-corrected chi connectivity index (χ3v) is 3.92. The summed E-state index contributed by atoms with van der Waals surface area (Å²) in [5, 5.41) is 18.1. The number of hydrogen-bond donors (Lipinski definition) is 2. The molecule has 0 atom stereocenters. The fourth-order valence-corrected chi connectivity index (χ4v) is 2.60. The minimum atomic E-state index is -0.0140. The van der Waals surface area contributed by atoms with Gasteiger partial charge in [0.05, 0.1) is 5.75 Å². The lowest BCUT2D eigenvalue weighted by molar-refractivity contribution is -0.118. The highest BCUT2D eigenvalue weighted by Crippen LogP contribution is 2.37. The van der Waals surface area contributed by atoms with E-state index in [4.69, 9.17) is 0 Å². The van der Waals surface area contributed by atoms with Crippen LogP contribution in [0, 0.1) is 0 Å². The summed E-state index contributed by atoms with van der Waals surface area (Å²) >= 11 is 1.42. The van der Waals surface area contributed by atoms with Crippen LogP contribution in [0.25, 0.3) is 0 Å². The molecule has 106 valence electrons. The number of aromatic amines is 1. The number of thioether (sulfide) groups is 1. The predicted molar refractivity (Wildman–Crippen MR) is 72.1 cm³/mol. The summed E-state index contributed by atoms with van der Waals surface area (Å²) in [6.45, 7) is 0.546. The van der Waals surface area contributed by atoms with E-state index in [1.54, 1.807) is 6.33 Å². The first kappa shape index (κ1) is 13.1. The van der Waals surface area contributed by atoms with Gasteiger partial charge in [0.2, 0.25) is 5.91 Å². The SMILES string of the molecule is O=C(CSc1nncn1C1CC1)NCCc1ncn[nH]1. The van der Waals surface area contributed by atoms with Gasteiger partial charge in [-0.1, -0.05) is 11.8 Å². The lowest BCUT2D eigenvalue weighted by Crippen LogP contribution is -2.27. The Bertz CT molecular complexity index is 563. The smallest absolute Gasteiger partial charge is 0.230 e. The number of H-pyrrole nitrogens is 1. The number of carbonyl (C=O) groups is 1. The molecule has 2 heterocycles. The van der Waals surface area contributed by atoms with E-state index >= 15 is 0 Å². The highest BCUT2D eigenvalue weighted by atomic mass is 32.2. The summed E-state index contributed by atoms with van der Waals surface area (Å²) in [5.41, 5.74) is 0. The summed E-state index contributed by atoms with van der Waals surface area (Å²) in [6, 6.07) is 0.530. The van der Waals surface area contributed by atoms with E-state index in [0.717, 1.165) is 11.0 Å². The quantitative estimate of drug-likeness (QED) is 0.706. The molecular weight excluding hydrogens is 278 g/mol. The van der Waals surface area contributed by atoms with Crippen LogP contribution in [0.1, 0.15) is 24.7 Å². The summed E-state index contributed by atoms with van der Waals surface area (Å²) in [7, 11) is 0. The Hall–Kier alpha value is -1.90. The predicted octanol–water partition coefficient (Wildman–Crippen LogP) is 0.182. The molecule has 2 N–H and O–H groups in total. The van der Waals surface area contributed by atoms with E-state index < -0.39 is 0 Å². The van der Waals surface area contributed by atoms with Gasteiger partial charge < -0.3 is 9.88 Å². The molecule has 20 heavy (non-hydrogen) atoms. The molecule has 0 aliphatic heterocycles. The van der Waals surface area contributed by atoms with E-state index in [9.17, 15) is 4.79 Å². The molecule has 1 aliphatic rings. The fourth-order valence-electron chi connectivity index (χ4n) is 1.79. The van der Waals surface area contributed by atoms with Crippen molar-refractivity contribution in [2.24, 2.45) is 0 Å². The van der Waals surface area contributed by atoms with E-state index in [1.807, 2.05) is 4.57 Å². The van der Waals surface area contributed by atoms with Crippen LogP contribution in [0.2, 0.25) is 0 Å². The molecule has 2 aromatic rings. The third kappa shape index (κ3) is 3.35. The van der Waals surface area contributed by atoms with Crippen molar-refractivity contribution in [1.82, 2.24) is 35.3 Å². The second-order valence-corrected chi connectivity index (χ2v) is 5.52. The van der Waals surface area contributed by atoms with Gasteiger partial charge in [0.25, 0.3) is 0 Å². The average Bonchev–Trinajstić information content (AvgIpc) is 2.98. The Morgan fingerprint density at radius 3 is 3.20 bits per heavy atom. The van der Waals surface area contributed by atoms with Gasteiger partial charge in [-0.2, -0.15) is 5.10 Å². The molecule has 0 aromatic carbocycles. The molecule has 0 saturated heterocycles. The average molecular weight is 293 g/mol. The van der Waals surface area contributed by atoms with Crippen LogP contribution in [0.15, 0.2) is 17.8 Å². The summed E-state index contributed by atoms with van der Waals surface area (Å²) in [6.07, 6.45) is 6.19. The summed E-state index contributed by atoms with van der Waals surface area (Å²) in [4.78, 5) is 15.7. The van der Waals surface area contributed by atoms with Crippen LogP contribution in [-0.4, -0.2) is 48.2 Å². The molecule has 1 amide bonds. The molecule has 0 unspecified atom stereocenters. The standard InChI is InChI=1S/C11H15N7OS/c19-10(12-4-3-9-13-6-14-16-9)5-20-11-17-15-7-18(11)8-1-2-8/h6-8H,1-5H2,(H,12,19)(H,13,14,16). The maximum absolute atomic E-state index is 11.7. The van der Waals surface area contributed by atoms with Crippen molar-refractivity contribution < 1.29 is 4.79 Å². The first-order valence-corrected chi connectivity index (χ1v) is 7.45. The second-order valence-electron chi connectivity index (χ2n) is 4.57. The Labute approximate surface area is 119 Å². The molecule has 9 heteroatoms. The molecule has 1 fully saturated rings. The summed E-state index contributed by atoms with van der Waals surface area (Å²) in [5.74, 6) is 1.10. The van der Waals surface area contributed by atoms with Crippen molar-refractivity contribution in [3.8, 4) is 0 Å². The number of nitrogens with one attached hydrogen (secondary N) is 2. The van der Waals surface area contributed by atoms with Crippen molar-refractivity contribution in [1.29, 1.82) is 0 Å². The third-order valence-electron chi connectivity index (χ3n) is 2.96. The number of aromatic nitrogens is 6. The van der Waals surface area contributed by atoms with E-state index in [2.05, 4.69) is 30.7 Å². The van der Waals surface area contributed by atoms with Crippen molar-refractivity contribution >= 4 is 17.7 Å². The minimum Gasteiger partial charge on any atom is -0.355 e. The number of nitrogens with zero attached hydrogens (tertiary/aromatic N) is 5. The van der Waals surface area contributed by atoms with Crippen LogP contribution in [0.5, 0.6) is 0 Å². The Morgan fingerprint density at radius 1 is 1.55 bits per heavy atom. The number of hydrogen-bond acceptors (Lipinski definition) is 6. The van der Waals surface area contributed by atoms with Crippen LogP contribution < -0.4 is 5.32 Å². The van der Waals surface area contributed by atoms with Crippen LogP contribution in [-0.2, 0) is 11.2 Å². The highest BCUT2D eigenvalue weighted by Gasteiger charge is 2.26. The lowest BCUT2D eigenvalue weighted by Gasteiger charge is -2.05. The molecular formula is C11H15N7OS. The van der Waals surface area contributed by atoms with Crippen molar-refractivity contribution in [3.63, 3.8) is 0 Å². The van der Waals surface area contributed by atoms with Crippen LogP contribution in [0.3, 0.4) is 0 Å². The molecule has 8 nitrogen and oxygen atoms in total. The maximum Gasteiger partial charge on any atom is 0.230 e. The fraction of sp³-hybridized carbons (Fsp3) is 0.545. The van der Waals surface area contributed by atoms with E-state index in [1.165, 1.54) is 30.9 Å². The molecule has 1 saturated carbocycles. The number of rotatable bonds is 7. The normalized spacial score (nSPS) is 14.4. The minimum absolute atomic E-state index is 0.0140. The monoisotopic (exact) mass is 293 g/mol.